The van der Waals surface area contributed by atoms with Gasteiger partial charge in [0, 0.05) is 5.92 Å². The van der Waals surface area contributed by atoms with Gasteiger partial charge in [-0.25, -0.2) is 0 Å². The van der Waals surface area contributed by atoms with E-state index < -0.39 is 0 Å². The lowest BCUT2D eigenvalue weighted by molar-refractivity contribution is -0.110. The molecule has 0 bridgehead atoms. The number of epoxide rings is 1. The van der Waals surface area contributed by atoms with Gasteiger partial charge in [-0.05, 0) is 18.8 Å². The summed E-state index contributed by atoms with van der Waals surface area (Å²) >= 11 is 0. The van der Waals surface area contributed by atoms with Gasteiger partial charge < -0.3 is 9.53 Å². The van der Waals surface area contributed by atoms with Gasteiger partial charge in [-0.2, -0.15) is 0 Å². The molecule has 0 aromatic rings. The van der Waals surface area contributed by atoms with Gasteiger partial charge in [-0.3, -0.25) is 0 Å². The van der Waals surface area contributed by atoms with Crippen LogP contribution in [0.2, 0.25) is 0 Å². The van der Waals surface area contributed by atoms with Crippen LogP contribution in [0.25, 0.3) is 0 Å². The number of carbonyl (C=O) groups excluding carboxylic acids is 1. The minimum Gasteiger partial charge on any atom is -0.369 e. The van der Waals surface area contributed by atoms with Gasteiger partial charge in [0.25, 0.3) is 0 Å². The molecule has 0 saturated carbocycles. The summed E-state index contributed by atoms with van der Waals surface area (Å²) in [6, 6.07) is 0. The molecule has 0 radical (unpaired) electrons. The minimum absolute atomic E-state index is 0.156. The van der Waals surface area contributed by atoms with Crippen molar-refractivity contribution in [2.24, 2.45) is 11.8 Å². The monoisotopic (exact) mass is 184 g/mol. The molecule has 0 aromatic carbocycles. The molecule has 4 atom stereocenters. The predicted octanol–water partition coefficient (Wildman–Crippen LogP) is 2.42. The molecule has 1 aliphatic rings. The molecule has 13 heavy (non-hydrogen) atoms. The number of carbonyl (C=O) groups is 1. The van der Waals surface area contributed by atoms with Gasteiger partial charge in [0.2, 0.25) is 0 Å². The molecule has 0 aliphatic carbocycles. The summed E-state index contributed by atoms with van der Waals surface area (Å²) in [5.41, 5.74) is 0. The van der Waals surface area contributed by atoms with Crippen LogP contribution in [-0.2, 0) is 9.53 Å². The van der Waals surface area contributed by atoms with Crippen LogP contribution in [0.5, 0.6) is 0 Å². The Balaban J connectivity index is 2.18. The highest BCUT2D eigenvalue weighted by molar-refractivity contribution is 5.52. The van der Waals surface area contributed by atoms with Crippen LogP contribution in [0.4, 0.5) is 0 Å². The summed E-state index contributed by atoms with van der Waals surface area (Å²) in [6.45, 7) is 6.39. The summed E-state index contributed by atoms with van der Waals surface area (Å²) < 4.78 is 5.54. The second kappa shape index (κ2) is 4.75. The van der Waals surface area contributed by atoms with Crippen molar-refractivity contribution >= 4 is 6.29 Å². The molecule has 0 aromatic heterocycles. The van der Waals surface area contributed by atoms with Crippen molar-refractivity contribution in [2.75, 3.05) is 0 Å². The maximum Gasteiger partial charge on any atom is 0.122 e. The van der Waals surface area contributed by atoms with Crippen molar-refractivity contribution in [3.8, 4) is 0 Å². The third-order valence-corrected chi connectivity index (χ3v) is 2.76. The van der Waals surface area contributed by atoms with Gasteiger partial charge in [-0.15, -0.1) is 0 Å². The minimum atomic E-state index is 0.156. The van der Waals surface area contributed by atoms with Crippen LogP contribution in [0.1, 0.15) is 40.0 Å². The Labute approximate surface area is 80.7 Å². The first kappa shape index (κ1) is 10.7. The summed E-state index contributed by atoms with van der Waals surface area (Å²) in [6.07, 6.45) is 5.17. The Morgan fingerprint density at radius 3 is 2.69 bits per heavy atom. The molecule has 0 N–H and O–H groups in total. The lowest BCUT2D eigenvalue weighted by Gasteiger charge is -2.05. The molecule has 2 heteroatoms. The van der Waals surface area contributed by atoms with E-state index in [0.29, 0.717) is 18.1 Å². The summed E-state index contributed by atoms with van der Waals surface area (Å²) in [4.78, 5) is 10.4. The van der Waals surface area contributed by atoms with Crippen LogP contribution in [0.15, 0.2) is 0 Å². The highest BCUT2D eigenvalue weighted by Gasteiger charge is 2.42. The average molecular weight is 184 g/mol. The molecule has 0 spiro atoms. The first-order valence-electron chi connectivity index (χ1n) is 5.29. The molecule has 1 saturated heterocycles. The van der Waals surface area contributed by atoms with Gasteiger partial charge in [-0.1, -0.05) is 27.2 Å². The van der Waals surface area contributed by atoms with E-state index >= 15 is 0 Å². The Morgan fingerprint density at radius 2 is 2.15 bits per heavy atom. The topological polar surface area (TPSA) is 29.6 Å². The van der Waals surface area contributed by atoms with Crippen molar-refractivity contribution in [1.29, 1.82) is 0 Å². The third-order valence-electron chi connectivity index (χ3n) is 2.76. The number of ether oxygens (including phenoxy) is 1. The lowest BCUT2D eigenvalue weighted by Crippen LogP contribution is -2.09. The van der Waals surface area contributed by atoms with E-state index in [2.05, 4.69) is 13.8 Å². The largest absolute Gasteiger partial charge is 0.369 e. The highest BCUT2D eigenvalue weighted by atomic mass is 16.6. The lowest BCUT2D eigenvalue weighted by atomic mass is 9.96. The fraction of sp³-hybridized carbons (Fsp3) is 0.909. The average Bonchev–Trinajstić information content (AvgIpc) is 2.84. The first-order valence-corrected chi connectivity index (χ1v) is 5.29. The number of rotatable bonds is 6. The molecule has 76 valence electrons. The normalized spacial score (nSPS) is 31.0. The number of hydrogen-bond acceptors (Lipinski definition) is 2. The standard InChI is InChI=1S/C11H20O2/c1-4-5-9(3)11-10(13-11)6-8(2)7-12/h7-11H,4-6H2,1-3H3/t8-,9+,10?,11+/m0/s1. The quantitative estimate of drug-likeness (QED) is 0.468. The summed E-state index contributed by atoms with van der Waals surface area (Å²) in [7, 11) is 0. The van der Waals surface area contributed by atoms with E-state index in [1.165, 1.54) is 12.8 Å². The highest BCUT2D eigenvalue weighted by Crippen LogP contribution is 2.35. The Morgan fingerprint density at radius 1 is 1.46 bits per heavy atom. The molecule has 1 unspecified atom stereocenters. The van der Waals surface area contributed by atoms with E-state index in [0.717, 1.165) is 12.7 Å². The fourth-order valence-corrected chi connectivity index (χ4v) is 1.89. The maximum absolute atomic E-state index is 10.4. The Kier molecular flexibility index (Phi) is 3.91. The molecule has 1 heterocycles. The molecule has 1 aliphatic heterocycles. The second-order valence-electron chi connectivity index (χ2n) is 4.25. The smallest absolute Gasteiger partial charge is 0.122 e. The zero-order valence-electron chi connectivity index (χ0n) is 8.82. The zero-order chi connectivity index (χ0) is 9.84. The predicted molar refractivity (Wildman–Crippen MR) is 52.6 cm³/mol. The van der Waals surface area contributed by atoms with E-state index in [-0.39, 0.29) is 5.92 Å². The van der Waals surface area contributed by atoms with E-state index in [1.807, 2.05) is 6.92 Å². The second-order valence-corrected chi connectivity index (χ2v) is 4.25. The number of hydrogen-bond donors (Lipinski definition) is 0. The van der Waals surface area contributed by atoms with E-state index in [1.54, 1.807) is 0 Å². The fourth-order valence-electron chi connectivity index (χ4n) is 1.89. The van der Waals surface area contributed by atoms with Crippen LogP contribution in [-0.4, -0.2) is 18.5 Å². The van der Waals surface area contributed by atoms with Gasteiger partial charge in [0.15, 0.2) is 0 Å². The van der Waals surface area contributed by atoms with Crippen LogP contribution >= 0.6 is 0 Å². The number of aldehydes is 1. The van der Waals surface area contributed by atoms with Gasteiger partial charge >= 0.3 is 0 Å². The van der Waals surface area contributed by atoms with Gasteiger partial charge in [0.1, 0.15) is 6.29 Å². The summed E-state index contributed by atoms with van der Waals surface area (Å²) in [5.74, 6) is 0.817. The van der Waals surface area contributed by atoms with Gasteiger partial charge in [0.05, 0.1) is 12.2 Å². The molecule has 0 amide bonds. The Bertz CT molecular complexity index is 167. The van der Waals surface area contributed by atoms with Crippen molar-refractivity contribution in [3.63, 3.8) is 0 Å². The van der Waals surface area contributed by atoms with Crippen molar-refractivity contribution in [1.82, 2.24) is 0 Å². The molecular formula is C11H20O2. The van der Waals surface area contributed by atoms with Crippen molar-refractivity contribution in [3.05, 3.63) is 0 Å². The first-order chi connectivity index (χ1) is 6.19. The van der Waals surface area contributed by atoms with Crippen molar-refractivity contribution < 1.29 is 9.53 Å². The third kappa shape index (κ3) is 3.11. The zero-order valence-corrected chi connectivity index (χ0v) is 8.82. The molecule has 1 fully saturated rings. The molecular weight excluding hydrogens is 164 g/mol. The molecule has 2 nitrogen and oxygen atoms in total. The van der Waals surface area contributed by atoms with E-state index in [9.17, 15) is 4.79 Å². The van der Waals surface area contributed by atoms with Crippen LogP contribution < -0.4 is 0 Å². The van der Waals surface area contributed by atoms with Crippen LogP contribution in [0, 0.1) is 11.8 Å². The summed E-state index contributed by atoms with van der Waals surface area (Å²) in [5, 5.41) is 0. The Hall–Kier alpha value is -0.370. The SMILES string of the molecule is CCC[C@@H](C)[C@H]1OC1C[C@H](C)C=O. The van der Waals surface area contributed by atoms with E-state index in [4.69, 9.17) is 4.74 Å². The molecule has 1 rings (SSSR count). The van der Waals surface area contributed by atoms with Crippen LogP contribution in [0.3, 0.4) is 0 Å². The van der Waals surface area contributed by atoms with Crippen molar-refractivity contribution in [2.45, 2.75) is 52.2 Å². The maximum atomic E-state index is 10.4.